The minimum Gasteiger partial charge on any atom is -0.496 e. The highest BCUT2D eigenvalue weighted by molar-refractivity contribution is 6.18. The average molecular weight is 496 g/mol. The number of fused-ring (bicyclic) bond motifs is 2. The van der Waals surface area contributed by atoms with Gasteiger partial charge < -0.3 is 18.8 Å². The van der Waals surface area contributed by atoms with E-state index in [0.29, 0.717) is 11.3 Å². The van der Waals surface area contributed by atoms with Crippen LogP contribution in [0.1, 0.15) is 36.6 Å². The second kappa shape index (κ2) is 9.97. The Hall–Kier alpha value is -4.32. The fourth-order valence-electron chi connectivity index (χ4n) is 5.42. The second-order valence-electron chi connectivity index (χ2n) is 8.82. The van der Waals surface area contributed by atoms with Gasteiger partial charge in [0, 0.05) is 11.6 Å². The van der Waals surface area contributed by atoms with E-state index in [4.69, 9.17) is 14.2 Å². The van der Waals surface area contributed by atoms with E-state index < -0.39 is 23.4 Å². The first-order valence-electron chi connectivity index (χ1n) is 12.4. The molecular formula is C31H29NO5. The van der Waals surface area contributed by atoms with Gasteiger partial charge in [0.15, 0.2) is 0 Å². The van der Waals surface area contributed by atoms with Gasteiger partial charge in [-0.25, -0.2) is 0 Å². The summed E-state index contributed by atoms with van der Waals surface area (Å²) in [5.74, 6) is -0.566. The topological polar surface area (TPSA) is 66.8 Å². The van der Waals surface area contributed by atoms with Gasteiger partial charge in [-0.2, -0.15) is 0 Å². The molecule has 0 saturated carbocycles. The first kappa shape index (κ1) is 24.4. The second-order valence-corrected chi connectivity index (χ2v) is 8.82. The summed E-state index contributed by atoms with van der Waals surface area (Å²) in [6, 6.07) is 24.4. The van der Waals surface area contributed by atoms with Crippen LogP contribution in [-0.4, -0.2) is 36.8 Å². The molecule has 6 nitrogen and oxygen atoms in total. The van der Waals surface area contributed by atoms with Crippen LogP contribution in [0.3, 0.4) is 0 Å². The summed E-state index contributed by atoms with van der Waals surface area (Å²) >= 11 is 0. The number of benzene rings is 3. The van der Waals surface area contributed by atoms with Gasteiger partial charge in [0.05, 0.1) is 31.9 Å². The fraction of sp³-hybridized carbons (Fsp3) is 0.226. The molecule has 0 amide bonds. The number of carbonyl (C=O) groups excluding carboxylic acids is 2. The number of aromatic nitrogens is 1. The smallest absolute Gasteiger partial charge is 0.330 e. The Morgan fingerprint density at radius 2 is 1.54 bits per heavy atom. The molecule has 1 aromatic heterocycles. The first-order valence-corrected chi connectivity index (χ1v) is 12.4. The lowest BCUT2D eigenvalue weighted by molar-refractivity contribution is -0.168. The summed E-state index contributed by atoms with van der Waals surface area (Å²) in [7, 11) is 1.62. The van der Waals surface area contributed by atoms with Gasteiger partial charge in [-0.1, -0.05) is 60.7 Å². The van der Waals surface area contributed by atoms with Gasteiger partial charge in [0.25, 0.3) is 0 Å². The maximum absolute atomic E-state index is 14.1. The minimum atomic E-state index is -1.76. The lowest BCUT2D eigenvalue weighted by Gasteiger charge is -2.34. The van der Waals surface area contributed by atoms with E-state index in [2.05, 4.69) is 0 Å². The third kappa shape index (κ3) is 3.80. The molecule has 1 heterocycles. The number of ether oxygens (including phenoxy) is 3. The number of hydrogen-bond donors (Lipinski definition) is 0. The molecule has 188 valence electrons. The Kier molecular flexibility index (Phi) is 6.57. The molecular weight excluding hydrogens is 466 g/mol. The molecule has 37 heavy (non-hydrogen) atoms. The Bertz CT molecular complexity index is 1470. The van der Waals surface area contributed by atoms with E-state index in [0.717, 1.165) is 27.6 Å². The van der Waals surface area contributed by atoms with Gasteiger partial charge in [-0.3, -0.25) is 9.59 Å². The van der Waals surface area contributed by atoms with Crippen LogP contribution in [0.15, 0.2) is 85.1 Å². The van der Waals surface area contributed by atoms with E-state index in [1.165, 1.54) is 0 Å². The van der Waals surface area contributed by atoms with Crippen molar-refractivity contribution in [2.24, 2.45) is 5.41 Å². The number of methoxy groups -OCH3 is 1. The normalized spacial score (nSPS) is 16.9. The molecule has 0 spiro atoms. The number of esters is 2. The molecule has 6 heteroatoms. The van der Waals surface area contributed by atoms with E-state index in [9.17, 15) is 9.59 Å². The van der Waals surface area contributed by atoms with Crippen LogP contribution in [0.2, 0.25) is 0 Å². The molecule has 0 radical (unpaired) electrons. The first-order chi connectivity index (χ1) is 18.1. The summed E-state index contributed by atoms with van der Waals surface area (Å²) < 4.78 is 18.9. The van der Waals surface area contributed by atoms with E-state index in [1.54, 1.807) is 21.0 Å². The molecule has 3 aromatic carbocycles. The van der Waals surface area contributed by atoms with Crippen molar-refractivity contribution in [2.75, 3.05) is 20.3 Å². The lowest BCUT2D eigenvalue weighted by Crippen LogP contribution is -2.47. The standard InChI is InChI=1S/C31H29NO5/c1-4-36-29(33)31(30(34)37-5-2)25(20-21-12-7-6-8-13-21)22-14-9-10-15-23(22)28(31)32-19-18-24-26(32)16-11-17-27(24)35-3/h6-20,28H,4-5H2,1-3H3/b25-20-. The summed E-state index contributed by atoms with van der Waals surface area (Å²) in [6.45, 7) is 3.73. The third-order valence-electron chi connectivity index (χ3n) is 6.91. The number of carbonyl (C=O) groups is 2. The van der Waals surface area contributed by atoms with Crippen molar-refractivity contribution in [2.45, 2.75) is 19.9 Å². The number of nitrogens with zero attached hydrogens (tertiary/aromatic N) is 1. The fourth-order valence-corrected chi connectivity index (χ4v) is 5.42. The summed E-state index contributed by atoms with van der Waals surface area (Å²) in [5.41, 5.74) is 2.14. The molecule has 1 unspecified atom stereocenters. The highest BCUT2D eigenvalue weighted by Crippen LogP contribution is 2.58. The highest BCUT2D eigenvalue weighted by Gasteiger charge is 2.64. The maximum atomic E-state index is 14.1. The van der Waals surface area contributed by atoms with Crippen LogP contribution in [0.4, 0.5) is 0 Å². The molecule has 1 atom stereocenters. The molecule has 4 aromatic rings. The van der Waals surface area contributed by atoms with E-state index in [1.807, 2.05) is 95.7 Å². The van der Waals surface area contributed by atoms with Gasteiger partial charge in [-0.15, -0.1) is 0 Å². The van der Waals surface area contributed by atoms with Gasteiger partial charge >= 0.3 is 11.9 Å². The van der Waals surface area contributed by atoms with E-state index in [-0.39, 0.29) is 13.2 Å². The average Bonchev–Trinajstić information content (AvgIpc) is 3.47. The third-order valence-corrected chi connectivity index (χ3v) is 6.91. The van der Waals surface area contributed by atoms with Crippen molar-refractivity contribution in [1.29, 1.82) is 0 Å². The van der Waals surface area contributed by atoms with Crippen LogP contribution in [0.25, 0.3) is 22.6 Å². The van der Waals surface area contributed by atoms with Crippen LogP contribution in [0.5, 0.6) is 5.75 Å². The number of hydrogen-bond acceptors (Lipinski definition) is 5. The van der Waals surface area contributed by atoms with Crippen molar-refractivity contribution >= 4 is 34.5 Å². The van der Waals surface area contributed by atoms with Crippen molar-refractivity contribution < 1.29 is 23.8 Å². The molecule has 0 saturated heterocycles. The summed E-state index contributed by atoms with van der Waals surface area (Å²) in [5, 5.41) is 0.879. The van der Waals surface area contributed by atoms with Crippen LogP contribution in [-0.2, 0) is 19.1 Å². The summed E-state index contributed by atoms with van der Waals surface area (Å²) in [6.07, 6.45) is 3.80. The van der Waals surface area contributed by atoms with E-state index >= 15 is 0 Å². The van der Waals surface area contributed by atoms with Gasteiger partial charge in [0.1, 0.15) is 5.75 Å². The largest absolute Gasteiger partial charge is 0.496 e. The molecule has 1 aliphatic rings. The molecule has 0 aliphatic heterocycles. The monoisotopic (exact) mass is 495 g/mol. The van der Waals surface area contributed by atoms with Crippen molar-refractivity contribution in [3.05, 3.63) is 102 Å². The van der Waals surface area contributed by atoms with Crippen LogP contribution >= 0.6 is 0 Å². The quantitative estimate of drug-likeness (QED) is 0.236. The number of rotatable bonds is 7. The van der Waals surface area contributed by atoms with Crippen molar-refractivity contribution in [3.63, 3.8) is 0 Å². The molecule has 0 bridgehead atoms. The van der Waals surface area contributed by atoms with Crippen molar-refractivity contribution in [3.8, 4) is 5.75 Å². The Morgan fingerprint density at radius 3 is 2.22 bits per heavy atom. The molecule has 0 N–H and O–H groups in total. The summed E-state index contributed by atoms with van der Waals surface area (Å²) in [4.78, 5) is 28.2. The zero-order valence-corrected chi connectivity index (χ0v) is 21.1. The Morgan fingerprint density at radius 1 is 0.865 bits per heavy atom. The highest BCUT2D eigenvalue weighted by atomic mass is 16.6. The predicted octanol–water partition coefficient (Wildman–Crippen LogP) is 5.91. The van der Waals surface area contributed by atoms with Gasteiger partial charge in [0.2, 0.25) is 5.41 Å². The van der Waals surface area contributed by atoms with Crippen LogP contribution in [0, 0.1) is 5.41 Å². The zero-order valence-electron chi connectivity index (χ0n) is 21.1. The molecule has 1 aliphatic carbocycles. The Labute approximate surface area is 216 Å². The maximum Gasteiger partial charge on any atom is 0.330 e. The SMILES string of the molecule is CCOC(=O)C1(C(=O)OCC)/C(=C\c2ccccc2)c2ccccc2C1n1ccc2c(OC)cccc21. The molecule has 5 rings (SSSR count). The predicted molar refractivity (Wildman–Crippen MR) is 143 cm³/mol. The lowest BCUT2D eigenvalue weighted by atomic mass is 9.76. The minimum absolute atomic E-state index is 0.127. The van der Waals surface area contributed by atoms with Crippen molar-refractivity contribution in [1.82, 2.24) is 4.57 Å². The Balaban J connectivity index is 1.89. The van der Waals surface area contributed by atoms with Gasteiger partial charge in [-0.05, 0) is 60.4 Å². The zero-order chi connectivity index (χ0) is 26.0. The molecule has 0 fully saturated rings. The van der Waals surface area contributed by atoms with Crippen LogP contribution < -0.4 is 4.74 Å².